The fourth-order valence-electron chi connectivity index (χ4n) is 1.51. The van der Waals surface area contributed by atoms with Crippen LogP contribution in [0.4, 0.5) is 27.5 Å². The summed E-state index contributed by atoms with van der Waals surface area (Å²) in [5.74, 6) is -0.996. The number of hydrogen-bond acceptors (Lipinski definition) is 4. The number of carbonyl (C=O) groups excluding carboxylic acids is 1. The van der Waals surface area contributed by atoms with Gasteiger partial charge in [0.1, 0.15) is 11.3 Å². The second-order valence-electron chi connectivity index (χ2n) is 3.85. The van der Waals surface area contributed by atoms with Crippen LogP contribution < -0.4 is 10.6 Å². The molecule has 0 aliphatic heterocycles. The van der Waals surface area contributed by atoms with Gasteiger partial charge in [0, 0.05) is 6.54 Å². The van der Waals surface area contributed by atoms with E-state index in [1.807, 2.05) is 0 Å². The number of amides is 2. The molecule has 0 atom stereocenters. The minimum atomic E-state index is -4.70. The maximum absolute atomic E-state index is 12.9. The van der Waals surface area contributed by atoms with Crippen molar-refractivity contribution in [1.29, 1.82) is 0 Å². The number of rotatable bonds is 3. The van der Waals surface area contributed by atoms with Crippen molar-refractivity contribution in [3.63, 3.8) is 0 Å². The molecule has 10 heteroatoms. The fraction of sp³-hybridized carbons (Fsp3) is 0.182. The Kier molecular flexibility index (Phi) is 4.36. The highest BCUT2D eigenvalue weighted by Gasteiger charge is 2.33. The van der Waals surface area contributed by atoms with E-state index in [-0.39, 0.29) is 10.7 Å². The molecule has 21 heavy (non-hydrogen) atoms. The standard InChI is InChI=1S/C11H8F4N4OS/c12-7-2-1-6(8(3-7)11(13,14)15)4-16-9(20)18-10-19-17-5-21-10/h1-3,5H,4H2,(H2,16,18,19,20). The predicted octanol–water partition coefficient (Wildman–Crippen LogP) is 3.02. The Labute approximate surface area is 120 Å². The topological polar surface area (TPSA) is 66.9 Å². The quantitative estimate of drug-likeness (QED) is 0.854. The van der Waals surface area contributed by atoms with E-state index in [0.717, 1.165) is 23.5 Å². The zero-order valence-electron chi connectivity index (χ0n) is 10.2. The molecule has 0 spiro atoms. The summed E-state index contributed by atoms with van der Waals surface area (Å²) in [5.41, 5.74) is 0.0205. The van der Waals surface area contributed by atoms with Crippen molar-refractivity contribution in [1.82, 2.24) is 15.5 Å². The summed E-state index contributed by atoms with van der Waals surface area (Å²) < 4.78 is 51.2. The predicted molar refractivity (Wildman–Crippen MR) is 67.2 cm³/mol. The molecule has 2 amide bonds. The van der Waals surface area contributed by atoms with Crippen LogP contribution in [0, 0.1) is 5.82 Å². The van der Waals surface area contributed by atoms with Crippen LogP contribution in [0.15, 0.2) is 23.7 Å². The molecule has 1 heterocycles. The Morgan fingerprint density at radius 1 is 1.33 bits per heavy atom. The van der Waals surface area contributed by atoms with Gasteiger partial charge in [0.25, 0.3) is 0 Å². The van der Waals surface area contributed by atoms with Gasteiger partial charge in [-0.05, 0) is 17.7 Å². The highest BCUT2D eigenvalue weighted by molar-refractivity contribution is 7.13. The zero-order chi connectivity index (χ0) is 15.5. The number of benzene rings is 1. The summed E-state index contributed by atoms with van der Waals surface area (Å²) in [6, 6.07) is 1.53. The number of nitrogens with one attached hydrogen (secondary N) is 2. The lowest BCUT2D eigenvalue weighted by Crippen LogP contribution is -2.29. The van der Waals surface area contributed by atoms with Gasteiger partial charge in [0.05, 0.1) is 5.56 Å². The van der Waals surface area contributed by atoms with Gasteiger partial charge in [0.2, 0.25) is 5.13 Å². The van der Waals surface area contributed by atoms with Crippen LogP contribution in [0.5, 0.6) is 0 Å². The van der Waals surface area contributed by atoms with Crippen LogP contribution in [0.3, 0.4) is 0 Å². The van der Waals surface area contributed by atoms with Crippen LogP contribution in [-0.2, 0) is 12.7 Å². The van der Waals surface area contributed by atoms with E-state index in [1.54, 1.807) is 0 Å². The molecule has 1 aromatic carbocycles. The Bertz CT molecular complexity index is 630. The summed E-state index contributed by atoms with van der Waals surface area (Å²) in [7, 11) is 0. The molecule has 2 aromatic rings. The molecule has 2 rings (SSSR count). The van der Waals surface area contributed by atoms with Crippen molar-refractivity contribution in [2.24, 2.45) is 0 Å². The van der Waals surface area contributed by atoms with E-state index in [0.29, 0.717) is 6.07 Å². The first-order chi connectivity index (χ1) is 9.86. The van der Waals surface area contributed by atoms with Crippen molar-refractivity contribution in [2.75, 3.05) is 5.32 Å². The van der Waals surface area contributed by atoms with E-state index in [9.17, 15) is 22.4 Å². The van der Waals surface area contributed by atoms with Gasteiger partial charge in [-0.3, -0.25) is 5.32 Å². The maximum Gasteiger partial charge on any atom is 0.416 e. The summed E-state index contributed by atoms with van der Waals surface area (Å²) in [6.45, 7) is -0.403. The number of carbonyl (C=O) groups is 1. The van der Waals surface area contributed by atoms with Gasteiger partial charge in [-0.15, -0.1) is 10.2 Å². The lowest BCUT2D eigenvalue weighted by Gasteiger charge is -2.13. The summed E-state index contributed by atoms with van der Waals surface area (Å²) in [6.07, 6.45) is -4.70. The van der Waals surface area contributed by atoms with Gasteiger partial charge in [0.15, 0.2) is 0 Å². The highest BCUT2D eigenvalue weighted by Crippen LogP contribution is 2.32. The summed E-state index contributed by atoms with van der Waals surface area (Å²) in [5, 5.41) is 11.8. The van der Waals surface area contributed by atoms with E-state index in [2.05, 4.69) is 20.8 Å². The molecule has 112 valence electrons. The van der Waals surface area contributed by atoms with Crippen molar-refractivity contribution >= 4 is 22.5 Å². The molecule has 0 saturated carbocycles. The van der Waals surface area contributed by atoms with Gasteiger partial charge < -0.3 is 5.32 Å². The van der Waals surface area contributed by atoms with Crippen LogP contribution in [0.2, 0.25) is 0 Å². The maximum atomic E-state index is 12.9. The second kappa shape index (κ2) is 6.04. The first kappa shape index (κ1) is 15.2. The number of halogens is 4. The summed E-state index contributed by atoms with van der Waals surface area (Å²) in [4.78, 5) is 11.5. The van der Waals surface area contributed by atoms with Crippen LogP contribution in [0.1, 0.15) is 11.1 Å². The lowest BCUT2D eigenvalue weighted by atomic mass is 10.1. The molecular formula is C11H8F4N4OS. The van der Waals surface area contributed by atoms with E-state index < -0.39 is 30.1 Å². The van der Waals surface area contributed by atoms with Crippen LogP contribution in [0.25, 0.3) is 0 Å². The fourth-order valence-corrected chi connectivity index (χ4v) is 1.95. The van der Waals surface area contributed by atoms with Gasteiger partial charge in [-0.2, -0.15) is 13.2 Å². The first-order valence-corrected chi connectivity index (χ1v) is 6.41. The number of aromatic nitrogens is 2. The molecule has 0 saturated heterocycles. The molecule has 0 bridgehead atoms. The Balaban J connectivity index is 2.04. The average Bonchev–Trinajstić information content (AvgIpc) is 2.89. The Hall–Kier alpha value is -2.23. The molecule has 0 unspecified atom stereocenters. The minimum Gasteiger partial charge on any atom is -0.334 e. The smallest absolute Gasteiger partial charge is 0.334 e. The van der Waals surface area contributed by atoms with E-state index in [4.69, 9.17) is 0 Å². The molecule has 5 nitrogen and oxygen atoms in total. The molecule has 0 fully saturated rings. The molecule has 0 radical (unpaired) electrons. The van der Waals surface area contributed by atoms with Gasteiger partial charge >= 0.3 is 12.2 Å². The third-order valence-electron chi connectivity index (χ3n) is 2.40. The average molecular weight is 320 g/mol. The first-order valence-electron chi connectivity index (χ1n) is 5.53. The molecule has 1 aromatic heterocycles. The summed E-state index contributed by atoms with van der Waals surface area (Å²) >= 11 is 1.06. The minimum absolute atomic E-state index is 0.211. The SMILES string of the molecule is O=C(NCc1ccc(F)cc1C(F)(F)F)Nc1nncs1. The van der Waals surface area contributed by atoms with Crippen LogP contribution >= 0.6 is 11.3 Å². The lowest BCUT2D eigenvalue weighted by molar-refractivity contribution is -0.138. The van der Waals surface area contributed by atoms with Crippen molar-refractivity contribution in [2.45, 2.75) is 12.7 Å². The number of anilines is 1. The number of alkyl halides is 3. The highest BCUT2D eigenvalue weighted by atomic mass is 32.1. The Morgan fingerprint density at radius 2 is 2.10 bits per heavy atom. The van der Waals surface area contributed by atoms with Crippen molar-refractivity contribution in [3.8, 4) is 0 Å². The van der Waals surface area contributed by atoms with Crippen molar-refractivity contribution < 1.29 is 22.4 Å². The van der Waals surface area contributed by atoms with Crippen molar-refractivity contribution in [3.05, 3.63) is 40.7 Å². The van der Waals surface area contributed by atoms with E-state index >= 15 is 0 Å². The zero-order valence-corrected chi connectivity index (χ0v) is 11.1. The van der Waals surface area contributed by atoms with Crippen LogP contribution in [-0.4, -0.2) is 16.2 Å². The van der Waals surface area contributed by atoms with Gasteiger partial charge in [-0.1, -0.05) is 17.4 Å². The number of hydrogen-bond donors (Lipinski definition) is 2. The van der Waals surface area contributed by atoms with E-state index in [1.165, 1.54) is 5.51 Å². The monoisotopic (exact) mass is 320 g/mol. The molecular weight excluding hydrogens is 312 g/mol. The second-order valence-corrected chi connectivity index (χ2v) is 4.68. The molecule has 0 aliphatic carbocycles. The third kappa shape index (κ3) is 4.12. The molecule has 0 aliphatic rings. The Morgan fingerprint density at radius 3 is 2.71 bits per heavy atom. The van der Waals surface area contributed by atoms with Gasteiger partial charge in [-0.25, -0.2) is 9.18 Å². The molecule has 2 N–H and O–H groups in total. The normalized spacial score (nSPS) is 11.2. The number of nitrogens with zero attached hydrogens (tertiary/aromatic N) is 2. The largest absolute Gasteiger partial charge is 0.416 e. The third-order valence-corrected chi connectivity index (χ3v) is 3.00. The number of urea groups is 1.